The Morgan fingerprint density at radius 1 is 1.10 bits per heavy atom. The van der Waals surface area contributed by atoms with Gasteiger partial charge in [-0.25, -0.2) is 4.39 Å². The highest BCUT2D eigenvalue weighted by molar-refractivity contribution is 6.05. The zero-order valence-corrected chi connectivity index (χ0v) is 11.8. The van der Waals surface area contributed by atoms with Gasteiger partial charge in [0.15, 0.2) is 5.78 Å². The maximum atomic E-state index is 12.9. The average molecular weight is 278 g/mol. The van der Waals surface area contributed by atoms with Crippen molar-refractivity contribution in [1.82, 2.24) is 0 Å². The van der Waals surface area contributed by atoms with Gasteiger partial charge in [-0.1, -0.05) is 30.3 Å². The lowest BCUT2D eigenvalue weighted by Gasteiger charge is -2.17. The van der Waals surface area contributed by atoms with Gasteiger partial charge in [0.05, 0.1) is 0 Å². The van der Waals surface area contributed by atoms with Gasteiger partial charge in [0.2, 0.25) is 0 Å². The number of carbonyl (C=O) groups is 1. The van der Waals surface area contributed by atoms with E-state index in [1.54, 1.807) is 6.08 Å². The molecule has 0 aromatic heterocycles. The summed E-state index contributed by atoms with van der Waals surface area (Å²) in [6.45, 7) is 2.01. The molecule has 2 aromatic rings. The lowest BCUT2D eigenvalue weighted by Crippen LogP contribution is -2.04. The van der Waals surface area contributed by atoms with Crippen LogP contribution in [0.3, 0.4) is 0 Å². The molecule has 0 saturated heterocycles. The number of carbonyl (C=O) groups excluding carboxylic acids is 1. The largest absolute Gasteiger partial charge is 0.289 e. The molecule has 104 valence electrons. The second-order valence-electron chi connectivity index (χ2n) is 5.24. The Hall–Kier alpha value is -2.48. The number of hydrogen-bond donors (Lipinski definition) is 0. The van der Waals surface area contributed by atoms with E-state index in [1.807, 2.05) is 19.1 Å². The fourth-order valence-corrected chi connectivity index (χ4v) is 2.53. The van der Waals surface area contributed by atoms with E-state index >= 15 is 0 Å². The molecule has 0 N–H and O–H groups in total. The minimum absolute atomic E-state index is 0.0860. The first-order valence-electron chi connectivity index (χ1n) is 6.90. The van der Waals surface area contributed by atoms with Crippen LogP contribution in [0.2, 0.25) is 0 Å². The number of halogens is 1. The first-order valence-corrected chi connectivity index (χ1v) is 6.90. The van der Waals surface area contributed by atoms with Crippen LogP contribution in [0.1, 0.15) is 28.4 Å². The summed E-state index contributed by atoms with van der Waals surface area (Å²) in [6, 6.07) is 13.8. The quantitative estimate of drug-likeness (QED) is 0.580. The van der Waals surface area contributed by atoms with Crippen molar-refractivity contribution in [3.8, 4) is 0 Å². The SMILES string of the molecule is CC1=Cc2ccccc2CC1=CC(=O)c1ccc(F)cc1. The van der Waals surface area contributed by atoms with Crippen LogP contribution in [-0.2, 0) is 6.42 Å². The summed E-state index contributed by atoms with van der Waals surface area (Å²) in [6.07, 6.45) is 4.52. The molecule has 0 heterocycles. The van der Waals surface area contributed by atoms with Gasteiger partial charge in [-0.2, -0.15) is 0 Å². The van der Waals surface area contributed by atoms with Crippen LogP contribution < -0.4 is 0 Å². The number of benzene rings is 2. The van der Waals surface area contributed by atoms with Crippen molar-refractivity contribution in [3.05, 3.63) is 88.3 Å². The highest BCUT2D eigenvalue weighted by atomic mass is 19.1. The molecule has 0 aliphatic heterocycles. The second-order valence-corrected chi connectivity index (χ2v) is 5.24. The third-order valence-corrected chi connectivity index (χ3v) is 3.75. The number of allylic oxidation sites excluding steroid dienone is 3. The highest BCUT2D eigenvalue weighted by Gasteiger charge is 2.13. The molecule has 2 heteroatoms. The van der Waals surface area contributed by atoms with Crippen molar-refractivity contribution in [2.45, 2.75) is 13.3 Å². The average Bonchev–Trinajstić information content (AvgIpc) is 2.48. The van der Waals surface area contributed by atoms with Crippen LogP contribution in [0.15, 0.2) is 65.8 Å². The molecule has 0 fully saturated rings. The minimum Gasteiger partial charge on any atom is -0.289 e. The molecule has 1 nitrogen and oxygen atoms in total. The zero-order chi connectivity index (χ0) is 14.8. The molecule has 0 amide bonds. The van der Waals surface area contributed by atoms with Crippen LogP contribution in [-0.4, -0.2) is 5.78 Å². The third-order valence-electron chi connectivity index (χ3n) is 3.75. The molecule has 1 aliphatic rings. The molecule has 0 bridgehead atoms. The molecule has 3 rings (SSSR count). The fraction of sp³-hybridized carbons (Fsp3) is 0.105. The van der Waals surface area contributed by atoms with Gasteiger partial charge in [-0.15, -0.1) is 0 Å². The summed E-state index contributed by atoms with van der Waals surface area (Å²) in [4.78, 5) is 12.3. The van der Waals surface area contributed by atoms with Crippen molar-refractivity contribution >= 4 is 11.9 Å². The van der Waals surface area contributed by atoms with Crippen molar-refractivity contribution in [3.63, 3.8) is 0 Å². The number of fused-ring (bicyclic) bond motifs is 1. The van der Waals surface area contributed by atoms with Crippen LogP contribution >= 0.6 is 0 Å². The summed E-state index contributed by atoms with van der Waals surface area (Å²) >= 11 is 0. The molecule has 0 unspecified atom stereocenters. The van der Waals surface area contributed by atoms with Gasteiger partial charge >= 0.3 is 0 Å². The van der Waals surface area contributed by atoms with Gasteiger partial charge in [-0.3, -0.25) is 4.79 Å². The van der Waals surface area contributed by atoms with Gasteiger partial charge in [0.25, 0.3) is 0 Å². The van der Waals surface area contributed by atoms with E-state index in [-0.39, 0.29) is 11.6 Å². The first-order chi connectivity index (χ1) is 10.1. The Morgan fingerprint density at radius 3 is 2.57 bits per heavy atom. The predicted molar refractivity (Wildman–Crippen MR) is 82.6 cm³/mol. The summed E-state index contributed by atoms with van der Waals surface area (Å²) in [5, 5.41) is 0. The van der Waals surface area contributed by atoms with Gasteiger partial charge in [0.1, 0.15) is 5.82 Å². The standard InChI is InChI=1S/C19H15FO/c1-13-10-15-4-2-3-5-16(15)11-17(13)12-19(21)14-6-8-18(20)9-7-14/h2-10,12H,11H2,1H3. The number of ketones is 1. The van der Waals surface area contributed by atoms with Crippen molar-refractivity contribution in [2.75, 3.05) is 0 Å². The number of hydrogen-bond acceptors (Lipinski definition) is 1. The molecule has 2 aromatic carbocycles. The summed E-state index contributed by atoms with van der Waals surface area (Å²) in [5.74, 6) is -0.418. The maximum absolute atomic E-state index is 12.9. The predicted octanol–water partition coefficient (Wildman–Crippen LogP) is 4.59. The van der Waals surface area contributed by atoms with Gasteiger partial charge < -0.3 is 0 Å². The monoisotopic (exact) mass is 278 g/mol. The number of rotatable bonds is 2. The summed E-state index contributed by atoms with van der Waals surface area (Å²) < 4.78 is 12.9. The molecular weight excluding hydrogens is 263 g/mol. The Labute approximate surface area is 123 Å². The molecule has 0 spiro atoms. The third kappa shape index (κ3) is 2.84. The van der Waals surface area contributed by atoms with Crippen LogP contribution in [0, 0.1) is 5.82 Å². The van der Waals surface area contributed by atoms with E-state index in [0.29, 0.717) is 5.56 Å². The smallest absolute Gasteiger partial charge is 0.186 e. The van der Waals surface area contributed by atoms with Crippen LogP contribution in [0.5, 0.6) is 0 Å². The van der Waals surface area contributed by atoms with Crippen LogP contribution in [0.4, 0.5) is 4.39 Å². The van der Waals surface area contributed by atoms with Gasteiger partial charge in [0, 0.05) is 5.56 Å². The van der Waals surface area contributed by atoms with Crippen molar-refractivity contribution in [1.29, 1.82) is 0 Å². The fourth-order valence-electron chi connectivity index (χ4n) is 2.53. The Bertz CT molecular complexity index is 751. The second kappa shape index (κ2) is 5.49. The molecular formula is C19H15FO. The van der Waals surface area contributed by atoms with E-state index in [9.17, 15) is 9.18 Å². The maximum Gasteiger partial charge on any atom is 0.186 e. The first kappa shape index (κ1) is 13.5. The van der Waals surface area contributed by atoms with E-state index < -0.39 is 0 Å². The van der Waals surface area contributed by atoms with Crippen molar-refractivity contribution < 1.29 is 9.18 Å². The molecule has 0 radical (unpaired) electrons. The van der Waals surface area contributed by atoms with Crippen LogP contribution in [0.25, 0.3) is 6.08 Å². The molecule has 0 atom stereocenters. The van der Waals surface area contributed by atoms with E-state index in [2.05, 4.69) is 18.2 Å². The van der Waals surface area contributed by atoms with E-state index in [4.69, 9.17) is 0 Å². The Kier molecular flexibility index (Phi) is 3.53. The topological polar surface area (TPSA) is 17.1 Å². The normalized spacial score (nSPS) is 15.5. The molecule has 21 heavy (non-hydrogen) atoms. The molecule has 1 aliphatic carbocycles. The van der Waals surface area contributed by atoms with Crippen molar-refractivity contribution in [2.24, 2.45) is 0 Å². The lowest BCUT2D eigenvalue weighted by atomic mass is 9.88. The Morgan fingerprint density at radius 2 is 1.81 bits per heavy atom. The molecule has 0 saturated carbocycles. The van der Waals surface area contributed by atoms with E-state index in [0.717, 1.165) is 17.6 Å². The highest BCUT2D eigenvalue weighted by Crippen LogP contribution is 2.28. The summed E-state index contributed by atoms with van der Waals surface area (Å²) in [7, 11) is 0. The summed E-state index contributed by atoms with van der Waals surface area (Å²) in [5.41, 5.74) is 5.06. The van der Waals surface area contributed by atoms with Gasteiger partial charge in [-0.05, 0) is 66.0 Å². The minimum atomic E-state index is -0.332. The van der Waals surface area contributed by atoms with E-state index in [1.165, 1.54) is 35.4 Å². The Balaban J connectivity index is 1.91. The lowest BCUT2D eigenvalue weighted by molar-refractivity contribution is 0.104. The zero-order valence-electron chi connectivity index (χ0n) is 11.8.